The van der Waals surface area contributed by atoms with Crippen LogP contribution in [0.2, 0.25) is 10.0 Å². The van der Waals surface area contributed by atoms with E-state index in [1.165, 1.54) is 7.11 Å². The summed E-state index contributed by atoms with van der Waals surface area (Å²) in [7, 11) is 3.09. The third-order valence-corrected chi connectivity index (χ3v) is 6.27. The van der Waals surface area contributed by atoms with Crippen LogP contribution >= 0.6 is 23.2 Å². The summed E-state index contributed by atoms with van der Waals surface area (Å²) in [6.07, 6.45) is 1.00. The van der Waals surface area contributed by atoms with Gasteiger partial charge in [-0.1, -0.05) is 23.2 Å². The molecular weight excluding hydrogens is 391 g/mol. The molecule has 3 atom stereocenters. The molecule has 6 nitrogen and oxygen atoms in total. The molecule has 3 rings (SSSR count). The zero-order chi connectivity index (χ0) is 19.7. The molecule has 2 aliphatic heterocycles. The van der Waals surface area contributed by atoms with Crippen LogP contribution in [0.25, 0.3) is 0 Å². The molecule has 0 saturated carbocycles. The van der Waals surface area contributed by atoms with Crippen LogP contribution in [-0.2, 0) is 14.3 Å². The Morgan fingerprint density at radius 1 is 1.26 bits per heavy atom. The van der Waals surface area contributed by atoms with Gasteiger partial charge in [0.2, 0.25) is 11.8 Å². The van der Waals surface area contributed by atoms with Gasteiger partial charge in [0.05, 0.1) is 17.2 Å². The van der Waals surface area contributed by atoms with Gasteiger partial charge >= 0.3 is 0 Å². The predicted molar refractivity (Wildman–Crippen MR) is 104 cm³/mol. The minimum Gasteiger partial charge on any atom is -0.496 e. The van der Waals surface area contributed by atoms with E-state index in [4.69, 9.17) is 32.7 Å². The maximum absolute atomic E-state index is 12.8. The van der Waals surface area contributed by atoms with Crippen molar-refractivity contribution in [2.24, 2.45) is 0 Å². The molecule has 2 aliphatic rings. The van der Waals surface area contributed by atoms with E-state index in [0.717, 1.165) is 5.56 Å². The lowest BCUT2D eigenvalue weighted by Gasteiger charge is -2.28. The summed E-state index contributed by atoms with van der Waals surface area (Å²) >= 11 is 12.7. The van der Waals surface area contributed by atoms with Crippen LogP contribution in [0.15, 0.2) is 12.1 Å². The third-order valence-electron chi connectivity index (χ3n) is 5.45. The van der Waals surface area contributed by atoms with E-state index in [1.807, 2.05) is 11.8 Å². The lowest BCUT2D eigenvalue weighted by Crippen LogP contribution is -2.44. The number of carbonyl (C=O) groups is 2. The Morgan fingerprint density at radius 2 is 2.00 bits per heavy atom. The van der Waals surface area contributed by atoms with Crippen molar-refractivity contribution in [3.8, 4) is 5.75 Å². The van der Waals surface area contributed by atoms with Crippen molar-refractivity contribution in [2.75, 3.05) is 33.9 Å². The van der Waals surface area contributed by atoms with Crippen LogP contribution in [0.5, 0.6) is 5.75 Å². The number of halogens is 2. The number of amides is 2. The molecule has 0 N–H and O–H groups in total. The van der Waals surface area contributed by atoms with Crippen LogP contribution < -0.4 is 4.74 Å². The second-order valence-corrected chi connectivity index (χ2v) is 7.93. The molecule has 2 saturated heterocycles. The van der Waals surface area contributed by atoms with Gasteiger partial charge in [0, 0.05) is 50.2 Å². The number of hydrogen-bond acceptors (Lipinski definition) is 4. The lowest BCUT2D eigenvalue weighted by atomic mass is 9.95. The minimum absolute atomic E-state index is 0.00730. The normalized spacial score (nSPS) is 25.4. The smallest absolute Gasteiger partial charge is 0.248 e. The predicted octanol–water partition coefficient (Wildman–Crippen LogP) is 2.95. The van der Waals surface area contributed by atoms with Gasteiger partial charge in [0.15, 0.2) is 0 Å². The molecule has 148 valence electrons. The van der Waals surface area contributed by atoms with Gasteiger partial charge in [0.25, 0.3) is 0 Å². The third kappa shape index (κ3) is 3.89. The van der Waals surface area contributed by atoms with Crippen molar-refractivity contribution < 1.29 is 19.1 Å². The van der Waals surface area contributed by atoms with E-state index in [2.05, 4.69) is 0 Å². The van der Waals surface area contributed by atoms with Crippen molar-refractivity contribution >= 4 is 35.0 Å². The molecule has 0 bridgehead atoms. The molecular formula is C19H24Cl2N2O4. The van der Waals surface area contributed by atoms with E-state index in [9.17, 15) is 9.59 Å². The van der Waals surface area contributed by atoms with Crippen LogP contribution in [0.3, 0.4) is 0 Å². The van der Waals surface area contributed by atoms with Gasteiger partial charge in [-0.3, -0.25) is 9.59 Å². The van der Waals surface area contributed by atoms with E-state index in [-0.39, 0.29) is 36.4 Å². The highest BCUT2D eigenvalue weighted by molar-refractivity contribution is 6.42. The Kier molecular flexibility index (Phi) is 6.18. The van der Waals surface area contributed by atoms with Crippen molar-refractivity contribution in [3.05, 3.63) is 27.7 Å². The topological polar surface area (TPSA) is 59.1 Å². The average molecular weight is 415 g/mol. The number of rotatable bonds is 4. The number of carbonyl (C=O) groups excluding carboxylic acids is 2. The van der Waals surface area contributed by atoms with Crippen LogP contribution in [0.4, 0.5) is 0 Å². The van der Waals surface area contributed by atoms with Crippen molar-refractivity contribution in [1.82, 2.24) is 9.80 Å². The first kappa shape index (κ1) is 20.2. The molecule has 0 radical (unpaired) electrons. The molecule has 1 aromatic rings. The van der Waals surface area contributed by atoms with E-state index >= 15 is 0 Å². The standard InChI is InChI=1S/C19H24Cl2N2O4/c1-11-6-16(24)23-8-12(7-13(23)9-22(11)17(25)10-26-2)18-15(27-3)5-4-14(20)19(18)21/h4-5,11-13H,6-10H2,1-3H3/t11-,12+,13+/m1/s1. The zero-order valence-electron chi connectivity index (χ0n) is 15.7. The summed E-state index contributed by atoms with van der Waals surface area (Å²) in [6.45, 7) is 2.95. The molecule has 27 heavy (non-hydrogen) atoms. The zero-order valence-corrected chi connectivity index (χ0v) is 17.2. The summed E-state index contributed by atoms with van der Waals surface area (Å²) in [5.41, 5.74) is 0.829. The summed E-state index contributed by atoms with van der Waals surface area (Å²) in [5.74, 6) is 0.634. The fourth-order valence-electron chi connectivity index (χ4n) is 4.15. The van der Waals surface area contributed by atoms with Crippen molar-refractivity contribution in [3.63, 3.8) is 0 Å². The number of nitrogens with zero attached hydrogens (tertiary/aromatic N) is 2. The number of benzene rings is 1. The Labute approximate surface area is 169 Å². The maximum Gasteiger partial charge on any atom is 0.248 e. The summed E-state index contributed by atoms with van der Waals surface area (Å²) in [5, 5.41) is 0.929. The van der Waals surface area contributed by atoms with Gasteiger partial charge in [-0.25, -0.2) is 0 Å². The first-order valence-corrected chi connectivity index (χ1v) is 9.72. The average Bonchev–Trinajstić information content (AvgIpc) is 3.00. The van der Waals surface area contributed by atoms with Gasteiger partial charge in [0.1, 0.15) is 12.4 Å². The summed E-state index contributed by atoms with van der Waals surface area (Å²) < 4.78 is 10.5. The van der Waals surface area contributed by atoms with Gasteiger partial charge in [-0.15, -0.1) is 0 Å². The number of methoxy groups -OCH3 is 2. The second-order valence-electron chi connectivity index (χ2n) is 7.14. The van der Waals surface area contributed by atoms with E-state index in [0.29, 0.717) is 41.7 Å². The highest BCUT2D eigenvalue weighted by atomic mass is 35.5. The molecule has 0 spiro atoms. The fraction of sp³-hybridized carbons (Fsp3) is 0.579. The summed E-state index contributed by atoms with van der Waals surface area (Å²) in [6, 6.07) is 3.30. The Hall–Kier alpha value is -1.50. The molecule has 2 heterocycles. The highest BCUT2D eigenvalue weighted by Gasteiger charge is 2.43. The minimum atomic E-state index is -0.145. The van der Waals surface area contributed by atoms with Crippen molar-refractivity contribution in [1.29, 1.82) is 0 Å². The lowest BCUT2D eigenvalue weighted by molar-refractivity contribution is -0.137. The monoisotopic (exact) mass is 414 g/mol. The Balaban J connectivity index is 1.88. The van der Waals surface area contributed by atoms with Crippen molar-refractivity contribution in [2.45, 2.75) is 37.8 Å². The first-order valence-electron chi connectivity index (χ1n) is 8.97. The Morgan fingerprint density at radius 3 is 2.67 bits per heavy atom. The van der Waals surface area contributed by atoms with Gasteiger partial charge in [-0.05, 0) is 25.5 Å². The van der Waals surface area contributed by atoms with Gasteiger partial charge in [-0.2, -0.15) is 0 Å². The van der Waals surface area contributed by atoms with Crippen LogP contribution in [0, 0.1) is 0 Å². The first-order chi connectivity index (χ1) is 12.9. The van der Waals surface area contributed by atoms with Gasteiger partial charge < -0.3 is 19.3 Å². The second kappa shape index (κ2) is 8.25. The summed E-state index contributed by atoms with van der Waals surface area (Å²) in [4.78, 5) is 28.8. The SMILES string of the molecule is COCC(=O)N1C[C@@H]2C[C@H](c3c(OC)ccc(Cl)c3Cl)CN2C(=O)C[C@H]1C. The van der Waals surface area contributed by atoms with E-state index in [1.54, 1.807) is 24.1 Å². The quantitative estimate of drug-likeness (QED) is 0.759. The van der Waals surface area contributed by atoms with E-state index < -0.39 is 0 Å². The maximum atomic E-state index is 12.8. The number of ether oxygens (including phenoxy) is 2. The van der Waals surface area contributed by atoms with Crippen LogP contribution in [0.1, 0.15) is 31.2 Å². The molecule has 0 aliphatic carbocycles. The molecule has 2 amide bonds. The molecule has 2 fully saturated rings. The fourth-order valence-corrected chi connectivity index (χ4v) is 4.63. The number of hydrogen-bond donors (Lipinski definition) is 0. The van der Waals surface area contributed by atoms with Crippen LogP contribution in [-0.4, -0.2) is 67.6 Å². The molecule has 1 aromatic carbocycles. The largest absolute Gasteiger partial charge is 0.496 e. The molecule has 0 unspecified atom stereocenters. The highest BCUT2D eigenvalue weighted by Crippen LogP contribution is 2.44. The number of fused-ring (bicyclic) bond motifs is 1. The Bertz CT molecular complexity index is 743. The molecule has 8 heteroatoms. The molecule has 0 aromatic heterocycles.